The van der Waals surface area contributed by atoms with E-state index in [2.05, 4.69) is 40.7 Å². The van der Waals surface area contributed by atoms with E-state index in [9.17, 15) is 8.42 Å². The van der Waals surface area contributed by atoms with Crippen LogP contribution in [0, 0.1) is 12.8 Å². The highest BCUT2D eigenvalue weighted by molar-refractivity contribution is 14.0. The standard InChI is InChI=1S/C21H36N4O4S.HI/c1-5-30(26,27)25(4)11-6-10-23-21(22-3)24-14-19-8-7-17(2)13-20(19)29-16-18-9-12-28-15-18;/h7-8,13,18H,5-6,9-12,14-16H2,1-4H3,(H2,22,23,24);1H. The van der Waals surface area contributed by atoms with Crippen LogP contribution in [0.3, 0.4) is 0 Å². The number of nitrogens with zero attached hydrogens (tertiary/aromatic N) is 2. The second-order valence-electron chi connectivity index (χ2n) is 7.58. The van der Waals surface area contributed by atoms with Crippen LogP contribution in [-0.2, 0) is 21.3 Å². The van der Waals surface area contributed by atoms with Crippen LogP contribution in [0.2, 0.25) is 0 Å². The third-order valence-electron chi connectivity index (χ3n) is 5.17. The molecule has 10 heteroatoms. The van der Waals surface area contributed by atoms with E-state index in [1.807, 2.05) is 0 Å². The van der Waals surface area contributed by atoms with Gasteiger partial charge in [-0.05, 0) is 38.3 Å². The lowest BCUT2D eigenvalue weighted by Crippen LogP contribution is -2.38. The third kappa shape index (κ3) is 9.50. The zero-order chi connectivity index (χ0) is 22.0. The second kappa shape index (κ2) is 14.1. The zero-order valence-electron chi connectivity index (χ0n) is 19.0. The van der Waals surface area contributed by atoms with Gasteiger partial charge in [-0.2, -0.15) is 0 Å². The molecular formula is C21H37IN4O4S. The lowest BCUT2D eigenvalue weighted by atomic mass is 10.1. The van der Waals surface area contributed by atoms with Gasteiger partial charge in [-0.3, -0.25) is 4.99 Å². The van der Waals surface area contributed by atoms with Gasteiger partial charge in [0.1, 0.15) is 5.75 Å². The molecule has 1 aliphatic rings. The van der Waals surface area contributed by atoms with Crippen LogP contribution >= 0.6 is 24.0 Å². The fraction of sp³-hybridized carbons (Fsp3) is 0.667. The normalized spacial score (nSPS) is 16.8. The highest BCUT2D eigenvalue weighted by Gasteiger charge is 2.17. The molecule has 1 fully saturated rings. The SMILES string of the molecule is CCS(=O)(=O)N(C)CCCNC(=NC)NCc1ccc(C)cc1OCC1CCOC1.I. The first-order chi connectivity index (χ1) is 14.4. The highest BCUT2D eigenvalue weighted by Crippen LogP contribution is 2.22. The third-order valence-corrected chi connectivity index (χ3v) is 7.03. The summed E-state index contributed by atoms with van der Waals surface area (Å²) >= 11 is 0. The largest absolute Gasteiger partial charge is 0.493 e. The summed E-state index contributed by atoms with van der Waals surface area (Å²) in [4.78, 5) is 4.25. The fourth-order valence-electron chi connectivity index (χ4n) is 3.13. The number of aryl methyl sites for hydroxylation is 1. The molecule has 1 unspecified atom stereocenters. The van der Waals surface area contributed by atoms with Crippen molar-refractivity contribution in [3.63, 3.8) is 0 Å². The van der Waals surface area contributed by atoms with Gasteiger partial charge >= 0.3 is 0 Å². The molecule has 1 aromatic rings. The van der Waals surface area contributed by atoms with Gasteiger partial charge in [0, 0.05) is 51.8 Å². The van der Waals surface area contributed by atoms with E-state index in [4.69, 9.17) is 9.47 Å². The van der Waals surface area contributed by atoms with Gasteiger partial charge < -0.3 is 20.1 Å². The van der Waals surface area contributed by atoms with Crippen molar-refractivity contribution < 1.29 is 17.9 Å². The van der Waals surface area contributed by atoms with Crippen LogP contribution in [0.4, 0.5) is 0 Å². The predicted molar refractivity (Wildman–Crippen MR) is 136 cm³/mol. The van der Waals surface area contributed by atoms with Crippen molar-refractivity contribution in [1.82, 2.24) is 14.9 Å². The number of aliphatic imine (C=N–C) groups is 1. The zero-order valence-corrected chi connectivity index (χ0v) is 22.2. The summed E-state index contributed by atoms with van der Waals surface area (Å²) in [7, 11) is 0.199. The molecule has 0 amide bonds. The molecule has 1 heterocycles. The molecule has 2 N–H and O–H groups in total. The Kier molecular flexibility index (Phi) is 12.7. The summed E-state index contributed by atoms with van der Waals surface area (Å²) in [5.41, 5.74) is 2.22. The van der Waals surface area contributed by atoms with Crippen LogP contribution in [0.5, 0.6) is 5.75 Å². The van der Waals surface area contributed by atoms with Crippen molar-refractivity contribution in [2.45, 2.75) is 33.2 Å². The molecule has 1 atom stereocenters. The summed E-state index contributed by atoms with van der Waals surface area (Å²) in [5.74, 6) is 2.13. The van der Waals surface area contributed by atoms with Crippen LogP contribution in [-0.4, -0.2) is 71.4 Å². The number of nitrogens with one attached hydrogen (secondary N) is 2. The maximum atomic E-state index is 11.8. The maximum absolute atomic E-state index is 11.8. The van der Waals surface area contributed by atoms with Crippen molar-refractivity contribution in [2.75, 3.05) is 52.8 Å². The van der Waals surface area contributed by atoms with Gasteiger partial charge in [0.25, 0.3) is 0 Å². The molecule has 0 spiro atoms. The highest BCUT2D eigenvalue weighted by atomic mass is 127. The van der Waals surface area contributed by atoms with Crippen molar-refractivity contribution in [2.24, 2.45) is 10.9 Å². The molecule has 2 rings (SSSR count). The number of halogens is 1. The summed E-state index contributed by atoms with van der Waals surface area (Å²) in [6, 6.07) is 6.20. The van der Waals surface area contributed by atoms with Crippen LogP contribution in [0.1, 0.15) is 30.9 Å². The number of rotatable bonds is 11. The van der Waals surface area contributed by atoms with Crippen molar-refractivity contribution in [3.05, 3.63) is 29.3 Å². The van der Waals surface area contributed by atoms with E-state index in [0.717, 1.165) is 36.5 Å². The van der Waals surface area contributed by atoms with Crippen LogP contribution in [0.15, 0.2) is 23.2 Å². The Morgan fingerprint density at radius 3 is 2.77 bits per heavy atom. The number of hydrogen-bond acceptors (Lipinski definition) is 5. The van der Waals surface area contributed by atoms with Crippen molar-refractivity contribution in [3.8, 4) is 5.75 Å². The van der Waals surface area contributed by atoms with Gasteiger partial charge in [-0.15, -0.1) is 24.0 Å². The van der Waals surface area contributed by atoms with Gasteiger partial charge in [0.2, 0.25) is 10.0 Å². The Morgan fingerprint density at radius 2 is 2.13 bits per heavy atom. The van der Waals surface area contributed by atoms with E-state index in [1.54, 1.807) is 21.0 Å². The molecule has 0 bridgehead atoms. The molecule has 31 heavy (non-hydrogen) atoms. The van der Waals surface area contributed by atoms with Gasteiger partial charge in [-0.1, -0.05) is 12.1 Å². The molecule has 1 aromatic carbocycles. The first-order valence-corrected chi connectivity index (χ1v) is 12.1. The van der Waals surface area contributed by atoms with Crippen molar-refractivity contribution in [1.29, 1.82) is 0 Å². The first kappa shape index (κ1) is 27.9. The predicted octanol–water partition coefficient (Wildman–Crippen LogP) is 2.36. The Labute approximate surface area is 204 Å². The monoisotopic (exact) mass is 568 g/mol. The maximum Gasteiger partial charge on any atom is 0.213 e. The topological polar surface area (TPSA) is 92.3 Å². The van der Waals surface area contributed by atoms with E-state index < -0.39 is 10.0 Å². The van der Waals surface area contributed by atoms with Crippen LogP contribution in [0.25, 0.3) is 0 Å². The number of benzene rings is 1. The smallest absolute Gasteiger partial charge is 0.213 e. The Balaban J connectivity index is 0.00000480. The van der Waals surface area contributed by atoms with Gasteiger partial charge in [0.15, 0.2) is 5.96 Å². The summed E-state index contributed by atoms with van der Waals surface area (Å²) < 4.78 is 36.5. The fourth-order valence-corrected chi connectivity index (χ4v) is 3.98. The first-order valence-electron chi connectivity index (χ1n) is 10.5. The van der Waals surface area contributed by atoms with E-state index in [-0.39, 0.29) is 29.7 Å². The van der Waals surface area contributed by atoms with Crippen molar-refractivity contribution >= 4 is 40.0 Å². The summed E-state index contributed by atoms with van der Waals surface area (Å²) in [5, 5.41) is 6.54. The molecule has 0 saturated carbocycles. The summed E-state index contributed by atoms with van der Waals surface area (Å²) in [6.45, 7) is 7.64. The molecular weight excluding hydrogens is 531 g/mol. The number of ether oxygens (including phenoxy) is 2. The molecule has 1 saturated heterocycles. The summed E-state index contributed by atoms with van der Waals surface area (Å²) in [6.07, 6.45) is 1.74. The lowest BCUT2D eigenvalue weighted by Gasteiger charge is -2.18. The minimum Gasteiger partial charge on any atom is -0.493 e. The van der Waals surface area contributed by atoms with Crippen LogP contribution < -0.4 is 15.4 Å². The van der Waals surface area contributed by atoms with E-state index in [0.29, 0.717) is 44.5 Å². The molecule has 0 aromatic heterocycles. The van der Waals surface area contributed by atoms with E-state index >= 15 is 0 Å². The molecule has 178 valence electrons. The quantitative estimate of drug-likeness (QED) is 0.184. The molecule has 1 aliphatic heterocycles. The average molecular weight is 569 g/mol. The Morgan fingerprint density at radius 1 is 1.35 bits per heavy atom. The van der Waals surface area contributed by atoms with E-state index in [1.165, 1.54) is 4.31 Å². The average Bonchev–Trinajstić information content (AvgIpc) is 3.26. The Bertz CT molecular complexity index is 799. The van der Waals surface area contributed by atoms with Gasteiger partial charge in [-0.25, -0.2) is 12.7 Å². The van der Waals surface area contributed by atoms with Gasteiger partial charge in [0.05, 0.1) is 19.0 Å². The molecule has 0 aliphatic carbocycles. The second-order valence-corrected chi connectivity index (χ2v) is 9.94. The lowest BCUT2D eigenvalue weighted by molar-refractivity contribution is 0.166. The number of sulfonamides is 1. The molecule has 8 nitrogen and oxygen atoms in total. The number of guanidine groups is 1. The minimum atomic E-state index is -3.13. The number of hydrogen-bond donors (Lipinski definition) is 2. The molecule has 0 radical (unpaired) electrons. The minimum absolute atomic E-state index is 0. The Hall–Kier alpha value is -1.11.